The molecule has 7 heteroatoms. The van der Waals surface area contributed by atoms with E-state index < -0.39 is 0 Å². The molecule has 0 aromatic rings. The maximum atomic E-state index is 12.7. The van der Waals surface area contributed by atoms with Crippen LogP contribution in [0.2, 0.25) is 0 Å². The third kappa shape index (κ3) is 4.06. The van der Waals surface area contributed by atoms with Crippen LogP contribution < -0.4 is 10.6 Å². The van der Waals surface area contributed by atoms with Crippen LogP contribution in [0.25, 0.3) is 0 Å². The summed E-state index contributed by atoms with van der Waals surface area (Å²) in [7, 11) is 1.75. The first-order chi connectivity index (χ1) is 14.1. The van der Waals surface area contributed by atoms with E-state index in [4.69, 9.17) is 0 Å². The smallest absolute Gasteiger partial charge is 0.233 e. The Bertz CT molecular complexity index is 661. The Morgan fingerprint density at radius 1 is 1.07 bits per heavy atom. The molecule has 0 radical (unpaired) electrons. The number of likely N-dealkylation sites (tertiary alicyclic amines) is 2. The van der Waals surface area contributed by atoms with Gasteiger partial charge in [0.15, 0.2) is 5.96 Å². The SMILES string of the molecule is CN=C(NCCCN1CCCCC1C)NCCN1C(=O)C2C3C=CC(C3)C2C1=O. The molecule has 2 aliphatic carbocycles. The van der Waals surface area contributed by atoms with Gasteiger partial charge in [-0.3, -0.25) is 19.5 Å². The maximum Gasteiger partial charge on any atom is 0.233 e. The van der Waals surface area contributed by atoms with Gasteiger partial charge in [0.25, 0.3) is 0 Å². The number of imide groups is 1. The lowest BCUT2D eigenvalue weighted by atomic mass is 9.85. The van der Waals surface area contributed by atoms with E-state index in [1.54, 1.807) is 7.05 Å². The summed E-state index contributed by atoms with van der Waals surface area (Å²) in [5.41, 5.74) is 0. The second-order valence-electron chi connectivity index (χ2n) is 8.99. The number of carbonyl (C=O) groups is 2. The molecule has 5 atom stereocenters. The molecule has 1 saturated carbocycles. The van der Waals surface area contributed by atoms with Crippen LogP contribution in [0, 0.1) is 23.7 Å². The van der Waals surface area contributed by atoms with Crippen LogP contribution in [-0.2, 0) is 9.59 Å². The second-order valence-corrected chi connectivity index (χ2v) is 8.99. The fraction of sp³-hybridized carbons (Fsp3) is 0.773. The fourth-order valence-corrected chi connectivity index (χ4v) is 5.67. The number of fused-ring (bicyclic) bond motifs is 5. The van der Waals surface area contributed by atoms with Crippen molar-refractivity contribution in [2.24, 2.45) is 28.7 Å². The van der Waals surface area contributed by atoms with Crippen molar-refractivity contribution in [1.29, 1.82) is 0 Å². The number of allylic oxidation sites excluding steroid dienone is 2. The third-order valence-electron chi connectivity index (χ3n) is 7.27. The third-order valence-corrected chi connectivity index (χ3v) is 7.27. The zero-order valence-corrected chi connectivity index (χ0v) is 17.8. The van der Waals surface area contributed by atoms with Crippen molar-refractivity contribution >= 4 is 17.8 Å². The van der Waals surface area contributed by atoms with E-state index in [2.05, 4.69) is 39.6 Å². The summed E-state index contributed by atoms with van der Waals surface area (Å²) < 4.78 is 0. The molecule has 2 bridgehead atoms. The number of piperidine rings is 1. The van der Waals surface area contributed by atoms with Crippen molar-refractivity contribution in [3.8, 4) is 0 Å². The van der Waals surface area contributed by atoms with Gasteiger partial charge in [0.1, 0.15) is 0 Å². The zero-order chi connectivity index (χ0) is 20.4. The molecule has 4 aliphatic rings. The van der Waals surface area contributed by atoms with Crippen molar-refractivity contribution in [1.82, 2.24) is 20.4 Å². The molecule has 0 aromatic carbocycles. The lowest BCUT2D eigenvalue weighted by Crippen LogP contribution is -2.44. The van der Waals surface area contributed by atoms with E-state index in [9.17, 15) is 9.59 Å². The molecule has 4 rings (SSSR count). The minimum Gasteiger partial charge on any atom is -0.356 e. The van der Waals surface area contributed by atoms with Crippen LogP contribution in [-0.4, -0.2) is 73.4 Å². The quantitative estimate of drug-likeness (QED) is 0.221. The highest BCUT2D eigenvalue weighted by Crippen LogP contribution is 2.52. The Balaban J connectivity index is 1.16. The van der Waals surface area contributed by atoms with Gasteiger partial charge in [0, 0.05) is 39.3 Å². The van der Waals surface area contributed by atoms with Crippen LogP contribution in [0.5, 0.6) is 0 Å². The van der Waals surface area contributed by atoms with E-state index in [1.807, 2.05) is 0 Å². The Morgan fingerprint density at radius 2 is 1.76 bits per heavy atom. The average Bonchev–Trinajstić information content (AvgIpc) is 3.40. The predicted octanol–water partition coefficient (Wildman–Crippen LogP) is 1.22. The van der Waals surface area contributed by atoms with Gasteiger partial charge in [-0.15, -0.1) is 0 Å². The molecule has 160 valence electrons. The molecule has 0 spiro atoms. The summed E-state index contributed by atoms with van der Waals surface area (Å²) in [6.07, 6.45) is 10.3. The molecule has 2 aliphatic heterocycles. The normalized spacial score (nSPS) is 34.2. The van der Waals surface area contributed by atoms with Gasteiger partial charge in [0.2, 0.25) is 11.8 Å². The van der Waals surface area contributed by atoms with Gasteiger partial charge in [0.05, 0.1) is 11.8 Å². The molecular weight excluding hydrogens is 366 g/mol. The van der Waals surface area contributed by atoms with Gasteiger partial charge in [-0.25, -0.2) is 0 Å². The number of carbonyl (C=O) groups excluding carboxylic acids is 2. The number of amides is 2. The van der Waals surface area contributed by atoms with Gasteiger partial charge in [-0.05, 0) is 51.0 Å². The van der Waals surface area contributed by atoms with E-state index in [-0.39, 0.29) is 35.5 Å². The maximum absolute atomic E-state index is 12.7. The first-order valence-electron chi connectivity index (χ1n) is 11.3. The lowest BCUT2D eigenvalue weighted by Gasteiger charge is -2.33. The highest BCUT2D eigenvalue weighted by atomic mass is 16.2. The van der Waals surface area contributed by atoms with Crippen molar-refractivity contribution < 1.29 is 9.59 Å². The molecule has 2 saturated heterocycles. The van der Waals surface area contributed by atoms with Crippen molar-refractivity contribution in [2.45, 2.75) is 45.1 Å². The van der Waals surface area contributed by atoms with Crippen LogP contribution in [0.15, 0.2) is 17.1 Å². The monoisotopic (exact) mass is 401 g/mol. The van der Waals surface area contributed by atoms with Crippen molar-refractivity contribution in [3.63, 3.8) is 0 Å². The van der Waals surface area contributed by atoms with Crippen molar-refractivity contribution in [3.05, 3.63) is 12.2 Å². The minimum absolute atomic E-state index is 0.0252. The second kappa shape index (κ2) is 8.86. The molecule has 2 amide bonds. The summed E-state index contributed by atoms with van der Waals surface area (Å²) >= 11 is 0. The van der Waals surface area contributed by atoms with Gasteiger partial charge in [-0.1, -0.05) is 18.6 Å². The Kier molecular flexibility index (Phi) is 6.23. The summed E-state index contributed by atoms with van der Waals surface area (Å²) in [4.78, 5) is 33.7. The highest BCUT2D eigenvalue weighted by molar-refractivity contribution is 6.06. The topological polar surface area (TPSA) is 77.0 Å². The van der Waals surface area contributed by atoms with E-state index in [1.165, 1.54) is 30.7 Å². The Hall–Kier alpha value is -1.89. The van der Waals surface area contributed by atoms with E-state index >= 15 is 0 Å². The summed E-state index contributed by atoms with van der Waals surface area (Å²) in [6, 6.07) is 0.696. The van der Waals surface area contributed by atoms with Crippen LogP contribution >= 0.6 is 0 Å². The molecule has 0 aromatic heterocycles. The van der Waals surface area contributed by atoms with E-state index in [0.29, 0.717) is 19.1 Å². The molecule has 2 N–H and O–H groups in total. The predicted molar refractivity (Wildman–Crippen MR) is 113 cm³/mol. The number of guanidine groups is 1. The van der Waals surface area contributed by atoms with Crippen LogP contribution in [0.4, 0.5) is 0 Å². The molecule has 3 fully saturated rings. The summed E-state index contributed by atoms with van der Waals surface area (Å²) in [5.74, 6) is 1.12. The Morgan fingerprint density at radius 3 is 2.41 bits per heavy atom. The number of nitrogens with zero attached hydrogens (tertiary/aromatic N) is 3. The van der Waals surface area contributed by atoms with Crippen LogP contribution in [0.3, 0.4) is 0 Å². The standard InChI is InChI=1S/C22H35N5O2/c1-15-6-3-4-11-26(15)12-5-9-24-22(23-2)25-10-13-27-20(28)18-16-7-8-17(14-16)19(18)21(27)29/h7-8,15-19H,3-6,9-14H2,1-2H3,(H2,23,24,25). The summed E-state index contributed by atoms with van der Waals surface area (Å²) in [6.45, 7) is 6.46. The molecule has 5 unspecified atom stereocenters. The van der Waals surface area contributed by atoms with Gasteiger partial charge >= 0.3 is 0 Å². The number of nitrogens with one attached hydrogen (secondary N) is 2. The first kappa shape index (κ1) is 20.4. The first-order valence-corrected chi connectivity index (χ1v) is 11.3. The van der Waals surface area contributed by atoms with Crippen LogP contribution in [0.1, 0.15) is 39.0 Å². The van der Waals surface area contributed by atoms with Gasteiger partial charge in [-0.2, -0.15) is 0 Å². The number of hydrogen-bond donors (Lipinski definition) is 2. The molecule has 7 nitrogen and oxygen atoms in total. The van der Waals surface area contributed by atoms with Gasteiger partial charge < -0.3 is 15.5 Å². The zero-order valence-electron chi connectivity index (χ0n) is 17.8. The number of rotatable bonds is 7. The molecule has 2 heterocycles. The average molecular weight is 402 g/mol. The minimum atomic E-state index is -0.105. The number of hydrogen-bond acceptors (Lipinski definition) is 4. The largest absolute Gasteiger partial charge is 0.356 e. The highest BCUT2D eigenvalue weighted by Gasteiger charge is 2.58. The lowest BCUT2D eigenvalue weighted by molar-refractivity contribution is -0.140. The number of aliphatic imine (C=N–C) groups is 1. The van der Waals surface area contributed by atoms with Crippen molar-refractivity contribution in [2.75, 3.05) is 39.8 Å². The Labute approximate surface area is 174 Å². The molecular formula is C22H35N5O2. The molecule has 29 heavy (non-hydrogen) atoms. The summed E-state index contributed by atoms with van der Waals surface area (Å²) in [5, 5.41) is 6.60. The van der Waals surface area contributed by atoms with E-state index in [0.717, 1.165) is 31.9 Å². The fourth-order valence-electron chi connectivity index (χ4n) is 5.67.